The number of carbonyl (C=O) groups excluding carboxylic acids is 1. The van der Waals surface area contributed by atoms with Gasteiger partial charge in [0.15, 0.2) is 0 Å². The van der Waals surface area contributed by atoms with Crippen molar-refractivity contribution in [2.45, 2.75) is 44.8 Å². The first-order chi connectivity index (χ1) is 12.1. The highest BCUT2D eigenvalue weighted by Crippen LogP contribution is 2.26. The molecule has 25 heavy (non-hydrogen) atoms. The van der Waals surface area contributed by atoms with Crippen LogP contribution >= 0.6 is 0 Å². The smallest absolute Gasteiger partial charge is 0.229 e. The van der Waals surface area contributed by atoms with Gasteiger partial charge < -0.3 is 15.8 Å². The van der Waals surface area contributed by atoms with E-state index in [0.717, 1.165) is 29.8 Å². The predicted molar refractivity (Wildman–Crippen MR) is 100 cm³/mol. The van der Waals surface area contributed by atoms with Crippen LogP contribution in [0.25, 0.3) is 0 Å². The fourth-order valence-electron chi connectivity index (χ4n) is 3.23. The fraction of sp³-hybridized carbons (Fsp3) is 0.381. The molecule has 4 heteroatoms. The minimum absolute atomic E-state index is 0.0885. The second kappa shape index (κ2) is 8.17. The van der Waals surface area contributed by atoms with E-state index in [2.05, 4.69) is 5.32 Å². The van der Waals surface area contributed by atoms with E-state index in [1.54, 1.807) is 0 Å². The molecule has 0 heterocycles. The minimum atomic E-state index is -0.334. The zero-order valence-electron chi connectivity index (χ0n) is 14.7. The normalized spacial score (nSPS) is 17.0. The Balaban J connectivity index is 1.62. The highest BCUT2D eigenvalue weighted by atomic mass is 16.5. The Bertz CT molecular complexity index is 696. The maximum absolute atomic E-state index is 12.6. The number of anilines is 1. The zero-order valence-corrected chi connectivity index (χ0v) is 14.7. The maximum Gasteiger partial charge on any atom is 0.229 e. The van der Waals surface area contributed by atoms with Crippen LogP contribution in [0.5, 0.6) is 5.75 Å². The SMILES string of the molecule is CC(C(=O)Nc1cccc(OC2CCCC2)c1)C(N)c1ccccc1. The van der Waals surface area contributed by atoms with Crippen LogP contribution in [0.2, 0.25) is 0 Å². The molecule has 1 fully saturated rings. The molecule has 1 amide bonds. The number of benzene rings is 2. The molecule has 2 unspecified atom stereocenters. The number of rotatable bonds is 6. The molecule has 2 aromatic rings. The first-order valence-electron chi connectivity index (χ1n) is 9.01. The van der Waals surface area contributed by atoms with Gasteiger partial charge in [-0.2, -0.15) is 0 Å². The Hall–Kier alpha value is -2.33. The van der Waals surface area contributed by atoms with Gasteiger partial charge in [0.05, 0.1) is 12.0 Å². The Labute approximate surface area is 149 Å². The maximum atomic E-state index is 12.6. The molecular formula is C21H26N2O2. The van der Waals surface area contributed by atoms with Crippen molar-refractivity contribution in [1.82, 2.24) is 0 Å². The molecule has 0 aromatic heterocycles. The van der Waals surface area contributed by atoms with E-state index in [-0.39, 0.29) is 17.9 Å². The Morgan fingerprint density at radius 1 is 1.12 bits per heavy atom. The summed E-state index contributed by atoms with van der Waals surface area (Å²) in [6, 6.07) is 17.0. The van der Waals surface area contributed by atoms with E-state index < -0.39 is 0 Å². The summed E-state index contributed by atoms with van der Waals surface area (Å²) in [6.45, 7) is 1.85. The van der Waals surface area contributed by atoms with Gasteiger partial charge in [-0.15, -0.1) is 0 Å². The monoisotopic (exact) mass is 338 g/mol. The van der Waals surface area contributed by atoms with Gasteiger partial charge in [0.2, 0.25) is 5.91 Å². The van der Waals surface area contributed by atoms with Crippen molar-refractivity contribution < 1.29 is 9.53 Å². The third-order valence-corrected chi connectivity index (χ3v) is 4.84. The molecule has 3 rings (SSSR count). The number of hydrogen-bond acceptors (Lipinski definition) is 3. The van der Waals surface area contributed by atoms with E-state index >= 15 is 0 Å². The van der Waals surface area contributed by atoms with Crippen molar-refractivity contribution in [1.29, 1.82) is 0 Å². The molecule has 132 valence electrons. The van der Waals surface area contributed by atoms with Crippen LogP contribution in [0.3, 0.4) is 0 Å². The molecule has 0 spiro atoms. The van der Waals surface area contributed by atoms with Gasteiger partial charge in [-0.25, -0.2) is 0 Å². The van der Waals surface area contributed by atoms with E-state index in [9.17, 15) is 4.79 Å². The number of nitrogens with two attached hydrogens (primary N) is 1. The number of nitrogens with one attached hydrogen (secondary N) is 1. The average Bonchev–Trinajstić information content (AvgIpc) is 3.14. The Morgan fingerprint density at radius 2 is 1.84 bits per heavy atom. The summed E-state index contributed by atoms with van der Waals surface area (Å²) in [7, 11) is 0. The van der Waals surface area contributed by atoms with Gasteiger partial charge in [0.1, 0.15) is 5.75 Å². The molecular weight excluding hydrogens is 312 g/mol. The Kier molecular flexibility index (Phi) is 5.71. The van der Waals surface area contributed by atoms with Crippen molar-refractivity contribution in [3.63, 3.8) is 0 Å². The molecule has 1 aliphatic carbocycles. The van der Waals surface area contributed by atoms with Crippen molar-refractivity contribution in [3.05, 3.63) is 60.2 Å². The molecule has 0 radical (unpaired) electrons. The van der Waals surface area contributed by atoms with Crippen LogP contribution in [0.15, 0.2) is 54.6 Å². The average molecular weight is 338 g/mol. The van der Waals surface area contributed by atoms with Crippen molar-refractivity contribution in [2.75, 3.05) is 5.32 Å². The molecule has 1 saturated carbocycles. The molecule has 3 N–H and O–H groups in total. The van der Waals surface area contributed by atoms with Crippen LogP contribution < -0.4 is 15.8 Å². The van der Waals surface area contributed by atoms with Crippen LogP contribution in [0, 0.1) is 5.92 Å². The van der Waals surface area contributed by atoms with Gasteiger partial charge in [-0.3, -0.25) is 4.79 Å². The summed E-state index contributed by atoms with van der Waals surface area (Å²) in [5, 5.41) is 2.96. The molecule has 0 bridgehead atoms. The lowest BCUT2D eigenvalue weighted by molar-refractivity contribution is -0.120. The number of carbonyl (C=O) groups is 1. The third-order valence-electron chi connectivity index (χ3n) is 4.84. The summed E-state index contributed by atoms with van der Waals surface area (Å²) in [5.41, 5.74) is 7.95. The first-order valence-corrected chi connectivity index (χ1v) is 9.01. The van der Waals surface area contributed by atoms with E-state index in [0.29, 0.717) is 6.10 Å². The van der Waals surface area contributed by atoms with Crippen molar-refractivity contribution in [3.8, 4) is 5.75 Å². The number of hydrogen-bond donors (Lipinski definition) is 2. The molecule has 0 aliphatic heterocycles. The van der Waals surface area contributed by atoms with E-state index in [4.69, 9.17) is 10.5 Å². The van der Waals surface area contributed by atoms with E-state index in [1.165, 1.54) is 12.8 Å². The number of amides is 1. The molecule has 4 nitrogen and oxygen atoms in total. The zero-order chi connectivity index (χ0) is 17.6. The highest BCUT2D eigenvalue weighted by Gasteiger charge is 2.22. The van der Waals surface area contributed by atoms with Crippen LogP contribution in [-0.2, 0) is 4.79 Å². The highest BCUT2D eigenvalue weighted by molar-refractivity contribution is 5.93. The lowest BCUT2D eigenvalue weighted by atomic mass is 9.94. The molecule has 2 aromatic carbocycles. The summed E-state index contributed by atoms with van der Waals surface area (Å²) >= 11 is 0. The second-order valence-corrected chi connectivity index (χ2v) is 6.77. The summed E-state index contributed by atoms with van der Waals surface area (Å²) in [4.78, 5) is 12.6. The van der Waals surface area contributed by atoms with Crippen molar-refractivity contribution in [2.24, 2.45) is 11.7 Å². The predicted octanol–water partition coefficient (Wildman–Crippen LogP) is 4.28. The first kappa shape index (κ1) is 17.5. The van der Waals surface area contributed by atoms with Crippen LogP contribution in [-0.4, -0.2) is 12.0 Å². The summed E-state index contributed by atoms with van der Waals surface area (Å²) in [6.07, 6.45) is 4.99. The minimum Gasteiger partial charge on any atom is -0.490 e. The van der Waals surface area contributed by atoms with Gasteiger partial charge >= 0.3 is 0 Å². The molecule has 2 atom stereocenters. The van der Waals surface area contributed by atoms with Gasteiger partial charge in [-0.05, 0) is 43.4 Å². The summed E-state index contributed by atoms with van der Waals surface area (Å²) < 4.78 is 6.00. The third kappa shape index (κ3) is 4.60. The topological polar surface area (TPSA) is 64.3 Å². The fourth-order valence-corrected chi connectivity index (χ4v) is 3.23. The van der Waals surface area contributed by atoms with Crippen molar-refractivity contribution >= 4 is 11.6 Å². The Morgan fingerprint density at radius 3 is 2.56 bits per heavy atom. The number of ether oxygens (including phenoxy) is 1. The molecule has 1 aliphatic rings. The lowest BCUT2D eigenvalue weighted by Gasteiger charge is -2.20. The van der Waals surface area contributed by atoms with Gasteiger partial charge in [0.25, 0.3) is 0 Å². The van der Waals surface area contributed by atoms with E-state index in [1.807, 2.05) is 61.5 Å². The lowest BCUT2D eigenvalue weighted by Crippen LogP contribution is -2.30. The van der Waals surface area contributed by atoms with Gasteiger partial charge in [0, 0.05) is 17.8 Å². The largest absolute Gasteiger partial charge is 0.490 e. The standard InChI is InChI=1S/C21H26N2O2/c1-15(20(22)16-8-3-2-4-9-16)21(24)23-17-10-7-13-19(14-17)25-18-11-5-6-12-18/h2-4,7-10,13-15,18,20H,5-6,11-12,22H2,1H3,(H,23,24). The van der Waals surface area contributed by atoms with Crippen LogP contribution in [0.4, 0.5) is 5.69 Å². The summed E-state index contributed by atoms with van der Waals surface area (Å²) in [5.74, 6) is 0.390. The quantitative estimate of drug-likeness (QED) is 0.826. The molecule has 0 saturated heterocycles. The van der Waals surface area contributed by atoms with Crippen LogP contribution in [0.1, 0.15) is 44.2 Å². The van der Waals surface area contributed by atoms with Gasteiger partial charge in [-0.1, -0.05) is 43.3 Å². The second-order valence-electron chi connectivity index (χ2n) is 6.77.